The van der Waals surface area contributed by atoms with Gasteiger partial charge in [0.15, 0.2) is 0 Å². The summed E-state index contributed by atoms with van der Waals surface area (Å²) in [5.41, 5.74) is -0.532. The molecular formula is C13H14ClFN2O3. The molecule has 0 bridgehead atoms. The van der Waals surface area contributed by atoms with Gasteiger partial charge in [-0.1, -0.05) is 6.92 Å². The summed E-state index contributed by atoms with van der Waals surface area (Å²) in [7, 11) is 0. The first kappa shape index (κ1) is 14.7. The summed E-state index contributed by atoms with van der Waals surface area (Å²) in [6.45, 7) is 2.88. The number of carbonyl (C=O) groups excluding carboxylic acids is 1. The Hall–Kier alpha value is -1.69. The van der Waals surface area contributed by atoms with Crippen LogP contribution >= 0.6 is 11.6 Å². The number of nitro benzene ring substituents is 1. The van der Waals surface area contributed by atoms with Crippen LogP contribution in [0.15, 0.2) is 18.2 Å². The van der Waals surface area contributed by atoms with E-state index in [9.17, 15) is 19.3 Å². The number of benzene rings is 1. The Balaban J connectivity index is 2.19. The van der Waals surface area contributed by atoms with Crippen molar-refractivity contribution in [2.45, 2.75) is 18.7 Å². The fourth-order valence-corrected chi connectivity index (χ4v) is 2.46. The molecule has 1 fully saturated rings. The van der Waals surface area contributed by atoms with Gasteiger partial charge in [0.2, 0.25) is 0 Å². The molecule has 7 heteroatoms. The Bertz CT molecular complexity index is 552. The van der Waals surface area contributed by atoms with Crippen molar-refractivity contribution in [3.05, 3.63) is 39.7 Å². The van der Waals surface area contributed by atoms with Crippen LogP contribution in [0.4, 0.5) is 10.1 Å². The number of non-ortho nitro benzene ring substituents is 1. The molecule has 0 spiro atoms. The zero-order valence-corrected chi connectivity index (χ0v) is 11.6. The van der Waals surface area contributed by atoms with Crippen molar-refractivity contribution < 1.29 is 14.1 Å². The average molecular weight is 301 g/mol. The maximum Gasteiger partial charge on any atom is 0.272 e. The molecule has 5 nitrogen and oxygen atoms in total. The highest BCUT2D eigenvalue weighted by molar-refractivity contribution is 6.21. The van der Waals surface area contributed by atoms with E-state index in [1.54, 1.807) is 0 Å². The first-order valence-corrected chi connectivity index (χ1v) is 6.71. The predicted molar refractivity (Wildman–Crippen MR) is 72.4 cm³/mol. The van der Waals surface area contributed by atoms with E-state index in [2.05, 4.69) is 0 Å². The number of hydrogen-bond donors (Lipinski definition) is 0. The van der Waals surface area contributed by atoms with Gasteiger partial charge in [-0.25, -0.2) is 4.39 Å². The Morgan fingerprint density at radius 3 is 2.80 bits per heavy atom. The Labute approximate surface area is 120 Å². The van der Waals surface area contributed by atoms with Gasteiger partial charge in [-0.05, 0) is 18.4 Å². The monoisotopic (exact) mass is 300 g/mol. The van der Waals surface area contributed by atoms with Gasteiger partial charge in [-0.3, -0.25) is 14.9 Å². The lowest BCUT2D eigenvalue weighted by molar-refractivity contribution is -0.385. The Kier molecular flexibility index (Phi) is 4.23. The number of amides is 1. The van der Waals surface area contributed by atoms with Gasteiger partial charge < -0.3 is 4.90 Å². The summed E-state index contributed by atoms with van der Waals surface area (Å²) < 4.78 is 13.8. The van der Waals surface area contributed by atoms with Crippen LogP contribution < -0.4 is 0 Å². The second kappa shape index (κ2) is 5.75. The Morgan fingerprint density at radius 2 is 2.25 bits per heavy atom. The molecular weight excluding hydrogens is 287 g/mol. The average Bonchev–Trinajstić information content (AvgIpc) is 2.41. The normalized spacial score (nSPS) is 22.6. The van der Waals surface area contributed by atoms with Crippen LogP contribution in [-0.4, -0.2) is 34.2 Å². The third kappa shape index (κ3) is 2.90. The van der Waals surface area contributed by atoms with Gasteiger partial charge >= 0.3 is 0 Å². The molecule has 2 unspecified atom stereocenters. The first-order valence-electron chi connectivity index (χ1n) is 6.27. The van der Waals surface area contributed by atoms with E-state index in [1.165, 1.54) is 4.90 Å². The molecule has 1 amide bonds. The van der Waals surface area contributed by atoms with E-state index in [0.717, 1.165) is 24.6 Å². The maximum absolute atomic E-state index is 13.8. The molecule has 2 rings (SSSR count). The van der Waals surface area contributed by atoms with Crippen molar-refractivity contribution in [2.75, 3.05) is 13.1 Å². The highest BCUT2D eigenvalue weighted by atomic mass is 35.5. The van der Waals surface area contributed by atoms with Crippen molar-refractivity contribution in [3.8, 4) is 0 Å². The van der Waals surface area contributed by atoms with Crippen LogP contribution in [0, 0.1) is 21.8 Å². The highest BCUT2D eigenvalue weighted by Crippen LogP contribution is 2.24. The number of alkyl halides is 1. The van der Waals surface area contributed by atoms with Gasteiger partial charge in [-0.15, -0.1) is 11.6 Å². The van der Waals surface area contributed by atoms with Crippen LogP contribution in [0.1, 0.15) is 23.7 Å². The third-order valence-corrected chi connectivity index (χ3v) is 4.12. The molecule has 0 aliphatic carbocycles. The topological polar surface area (TPSA) is 63.5 Å². The number of carbonyl (C=O) groups is 1. The van der Waals surface area contributed by atoms with Crippen LogP contribution in [-0.2, 0) is 0 Å². The minimum absolute atomic E-state index is 0.158. The summed E-state index contributed by atoms with van der Waals surface area (Å²) in [5.74, 6) is -1.05. The van der Waals surface area contributed by atoms with E-state index in [-0.39, 0.29) is 16.6 Å². The largest absolute Gasteiger partial charge is 0.337 e. The SMILES string of the molecule is CC1CCN(C(=O)c2ccc([N+](=O)[O-])cc2F)CC1Cl. The van der Waals surface area contributed by atoms with Gasteiger partial charge in [0.05, 0.1) is 21.9 Å². The summed E-state index contributed by atoms with van der Waals surface area (Å²) >= 11 is 6.12. The van der Waals surface area contributed by atoms with Gasteiger partial charge in [0.1, 0.15) is 5.82 Å². The van der Waals surface area contributed by atoms with Crippen LogP contribution in [0.25, 0.3) is 0 Å². The molecule has 0 N–H and O–H groups in total. The summed E-state index contributed by atoms with van der Waals surface area (Å²) in [5, 5.41) is 10.4. The van der Waals surface area contributed by atoms with Crippen molar-refractivity contribution >= 4 is 23.2 Å². The van der Waals surface area contributed by atoms with Crippen molar-refractivity contribution in [3.63, 3.8) is 0 Å². The smallest absolute Gasteiger partial charge is 0.272 e. The predicted octanol–water partition coefficient (Wildman–Crippen LogP) is 2.82. The lowest BCUT2D eigenvalue weighted by Gasteiger charge is -2.34. The quantitative estimate of drug-likeness (QED) is 0.479. The molecule has 1 heterocycles. The molecule has 108 valence electrons. The lowest BCUT2D eigenvalue weighted by Crippen LogP contribution is -2.44. The summed E-state index contributed by atoms with van der Waals surface area (Å²) in [6.07, 6.45) is 0.758. The van der Waals surface area contributed by atoms with E-state index in [1.807, 2.05) is 6.92 Å². The Morgan fingerprint density at radius 1 is 1.55 bits per heavy atom. The van der Waals surface area contributed by atoms with E-state index in [0.29, 0.717) is 19.0 Å². The van der Waals surface area contributed by atoms with Gasteiger partial charge in [-0.2, -0.15) is 0 Å². The number of halogens is 2. The fourth-order valence-electron chi connectivity index (χ4n) is 2.17. The number of nitrogens with zero attached hydrogens (tertiary/aromatic N) is 2. The standard InChI is InChI=1S/C13H14ClFN2O3/c1-8-4-5-16(7-11(8)14)13(18)10-3-2-9(17(19)20)6-12(10)15/h2-3,6,8,11H,4-5,7H2,1H3. The molecule has 1 aliphatic rings. The number of nitro groups is 1. The highest BCUT2D eigenvalue weighted by Gasteiger charge is 2.29. The number of rotatable bonds is 2. The first-order chi connectivity index (χ1) is 9.40. The molecule has 1 aliphatic heterocycles. The second-order valence-electron chi connectivity index (χ2n) is 4.95. The van der Waals surface area contributed by atoms with Crippen LogP contribution in [0.3, 0.4) is 0 Å². The fraction of sp³-hybridized carbons (Fsp3) is 0.462. The van der Waals surface area contributed by atoms with Crippen molar-refractivity contribution in [2.24, 2.45) is 5.92 Å². The van der Waals surface area contributed by atoms with Crippen molar-refractivity contribution in [1.82, 2.24) is 4.90 Å². The summed E-state index contributed by atoms with van der Waals surface area (Å²) in [4.78, 5) is 23.5. The lowest BCUT2D eigenvalue weighted by atomic mass is 9.98. The van der Waals surface area contributed by atoms with Crippen molar-refractivity contribution in [1.29, 1.82) is 0 Å². The maximum atomic E-state index is 13.8. The summed E-state index contributed by atoms with van der Waals surface area (Å²) in [6, 6.07) is 3.04. The van der Waals surface area contributed by atoms with E-state index >= 15 is 0 Å². The number of likely N-dealkylation sites (tertiary alicyclic amines) is 1. The third-order valence-electron chi connectivity index (χ3n) is 3.55. The number of piperidine rings is 1. The molecule has 1 aromatic carbocycles. The second-order valence-corrected chi connectivity index (χ2v) is 5.51. The zero-order valence-electron chi connectivity index (χ0n) is 10.9. The minimum atomic E-state index is -0.881. The molecule has 2 atom stereocenters. The van der Waals surface area contributed by atoms with Gasteiger partial charge in [0.25, 0.3) is 11.6 Å². The van der Waals surface area contributed by atoms with Gasteiger partial charge in [0, 0.05) is 19.2 Å². The zero-order chi connectivity index (χ0) is 14.9. The number of hydrogen-bond acceptors (Lipinski definition) is 3. The molecule has 20 heavy (non-hydrogen) atoms. The van der Waals surface area contributed by atoms with E-state index < -0.39 is 16.6 Å². The molecule has 0 radical (unpaired) electrons. The molecule has 1 saturated heterocycles. The molecule has 1 aromatic rings. The molecule has 0 aromatic heterocycles. The molecule has 0 saturated carbocycles. The van der Waals surface area contributed by atoms with Crippen LogP contribution in [0.5, 0.6) is 0 Å². The van der Waals surface area contributed by atoms with E-state index in [4.69, 9.17) is 11.6 Å². The minimum Gasteiger partial charge on any atom is -0.337 e. The van der Waals surface area contributed by atoms with Crippen LogP contribution in [0.2, 0.25) is 0 Å².